The van der Waals surface area contributed by atoms with Gasteiger partial charge >= 0.3 is 0 Å². The first-order valence-electron chi connectivity index (χ1n) is 9.01. The number of hydrogen-bond donors (Lipinski definition) is 1. The van der Waals surface area contributed by atoms with Gasteiger partial charge in [0.15, 0.2) is 0 Å². The predicted molar refractivity (Wildman–Crippen MR) is 107 cm³/mol. The van der Waals surface area contributed by atoms with Crippen molar-refractivity contribution in [3.63, 3.8) is 0 Å². The van der Waals surface area contributed by atoms with E-state index in [0.29, 0.717) is 11.1 Å². The Hall–Kier alpha value is -2.40. The molecule has 3 aromatic rings. The van der Waals surface area contributed by atoms with Crippen LogP contribution in [0.5, 0.6) is 0 Å². The van der Waals surface area contributed by atoms with Gasteiger partial charge in [-0.25, -0.2) is 9.97 Å². The molecule has 1 saturated heterocycles. The minimum Gasteiger partial charge on any atom is -0.371 e. The highest BCUT2D eigenvalue weighted by Crippen LogP contribution is 2.26. The molecule has 4 heterocycles. The molecule has 0 radical (unpaired) electrons. The van der Waals surface area contributed by atoms with Gasteiger partial charge in [-0.1, -0.05) is 11.6 Å². The summed E-state index contributed by atoms with van der Waals surface area (Å²) in [6, 6.07) is 8.10. The molecule has 6 heteroatoms. The van der Waals surface area contributed by atoms with E-state index in [9.17, 15) is 0 Å². The van der Waals surface area contributed by atoms with Crippen molar-refractivity contribution in [2.75, 3.05) is 29.9 Å². The number of aromatic nitrogens is 3. The Morgan fingerprint density at radius 2 is 1.92 bits per heavy atom. The Kier molecular flexibility index (Phi) is 4.89. The van der Waals surface area contributed by atoms with Crippen molar-refractivity contribution in [3.8, 4) is 0 Å². The first-order chi connectivity index (χ1) is 12.7. The minimum atomic E-state index is 0.508. The monoisotopic (exact) mass is 367 g/mol. The van der Waals surface area contributed by atoms with Crippen LogP contribution < -0.4 is 10.2 Å². The van der Waals surface area contributed by atoms with Crippen LogP contribution in [-0.2, 0) is 0 Å². The number of fused-ring (bicyclic) bond motifs is 1. The average molecular weight is 368 g/mol. The molecule has 0 bridgehead atoms. The summed E-state index contributed by atoms with van der Waals surface area (Å²) in [5, 5.41) is 6.10. The van der Waals surface area contributed by atoms with Gasteiger partial charge in [0.1, 0.15) is 11.0 Å². The Labute approximate surface area is 158 Å². The van der Waals surface area contributed by atoms with Gasteiger partial charge in [-0.15, -0.1) is 0 Å². The first kappa shape index (κ1) is 17.0. The Bertz CT molecular complexity index is 906. The minimum absolute atomic E-state index is 0.508. The highest BCUT2D eigenvalue weighted by molar-refractivity contribution is 6.30. The topological polar surface area (TPSA) is 53.9 Å². The number of nitrogens with one attached hydrogen (secondary N) is 1. The fraction of sp³-hybridized carbons (Fsp3) is 0.350. The van der Waals surface area contributed by atoms with E-state index in [-0.39, 0.29) is 0 Å². The maximum Gasteiger partial charge on any atom is 0.135 e. The molecule has 0 aromatic carbocycles. The zero-order valence-electron chi connectivity index (χ0n) is 14.8. The van der Waals surface area contributed by atoms with Gasteiger partial charge in [0, 0.05) is 55.0 Å². The molecular formula is C20H22ClN5. The van der Waals surface area contributed by atoms with E-state index in [2.05, 4.69) is 37.3 Å². The van der Waals surface area contributed by atoms with E-state index in [1.54, 1.807) is 6.20 Å². The lowest BCUT2D eigenvalue weighted by Gasteiger charge is -2.33. The largest absolute Gasteiger partial charge is 0.371 e. The van der Waals surface area contributed by atoms with Crippen LogP contribution in [-0.4, -0.2) is 34.6 Å². The van der Waals surface area contributed by atoms with Crippen LogP contribution in [0.3, 0.4) is 0 Å². The normalized spacial score (nSPS) is 15.4. The molecule has 4 rings (SSSR count). The summed E-state index contributed by atoms with van der Waals surface area (Å²) in [7, 11) is 0. The maximum absolute atomic E-state index is 5.98. The van der Waals surface area contributed by atoms with E-state index in [4.69, 9.17) is 11.6 Å². The van der Waals surface area contributed by atoms with Crippen molar-refractivity contribution in [1.82, 2.24) is 15.0 Å². The third kappa shape index (κ3) is 3.73. The highest BCUT2D eigenvalue weighted by Gasteiger charge is 2.20. The molecule has 26 heavy (non-hydrogen) atoms. The van der Waals surface area contributed by atoms with Crippen LogP contribution in [0.4, 0.5) is 11.5 Å². The van der Waals surface area contributed by atoms with Crippen molar-refractivity contribution in [2.45, 2.75) is 19.8 Å². The van der Waals surface area contributed by atoms with Gasteiger partial charge in [-0.2, -0.15) is 0 Å². The van der Waals surface area contributed by atoms with Crippen molar-refractivity contribution >= 4 is 33.9 Å². The van der Waals surface area contributed by atoms with Crippen LogP contribution in [0.1, 0.15) is 18.5 Å². The molecule has 0 aliphatic carbocycles. The molecule has 1 N–H and O–H groups in total. The quantitative estimate of drug-likeness (QED) is 0.696. The lowest BCUT2D eigenvalue weighted by Crippen LogP contribution is -2.36. The molecule has 1 aliphatic rings. The van der Waals surface area contributed by atoms with E-state index < -0.39 is 0 Å². The third-order valence-corrected chi connectivity index (χ3v) is 5.24. The van der Waals surface area contributed by atoms with Crippen molar-refractivity contribution in [1.29, 1.82) is 0 Å². The molecule has 0 amide bonds. The molecule has 0 unspecified atom stereocenters. The molecular weight excluding hydrogens is 346 g/mol. The number of piperidine rings is 1. The van der Waals surface area contributed by atoms with Gasteiger partial charge in [-0.3, -0.25) is 4.98 Å². The summed E-state index contributed by atoms with van der Waals surface area (Å²) in [5.41, 5.74) is 2.35. The standard InChI is InChI=1S/C20H22ClN5/c1-14-10-17(3-7-22-14)26-8-4-15(5-9-26)12-25-20-18-13-24-19(21)11-16(18)2-6-23-20/h2-3,6-7,10-11,13,15H,4-5,8-9,12H2,1H3,(H,23,25). The van der Waals surface area contributed by atoms with Crippen molar-refractivity contribution in [2.24, 2.45) is 5.92 Å². The summed E-state index contributed by atoms with van der Waals surface area (Å²) in [6.07, 6.45) is 7.84. The number of aryl methyl sites for hydroxylation is 1. The fourth-order valence-corrected chi connectivity index (χ4v) is 3.71. The van der Waals surface area contributed by atoms with Gasteiger partial charge in [0.2, 0.25) is 0 Å². The Morgan fingerprint density at radius 1 is 1.12 bits per heavy atom. The van der Waals surface area contributed by atoms with E-state index >= 15 is 0 Å². The van der Waals surface area contributed by atoms with Crippen molar-refractivity contribution in [3.05, 3.63) is 53.7 Å². The zero-order valence-corrected chi connectivity index (χ0v) is 15.6. The first-order valence-corrected chi connectivity index (χ1v) is 9.38. The Balaban J connectivity index is 1.37. The van der Waals surface area contributed by atoms with Crippen molar-refractivity contribution < 1.29 is 0 Å². The smallest absolute Gasteiger partial charge is 0.135 e. The average Bonchev–Trinajstić information content (AvgIpc) is 2.66. The number of nitrogens with zero attached hydrogens (tertiary/aromatic N) is 4. The van der Waals surface area contributed by atoms with E-state index in [0.717, 1.165) is 41.9 Å². The molecule has 1 aliphatic heterocycles. The number of pyridine rings is 3. The number of rotatable bonds is 4. The lowest BCUT2D eigenvalue weighted by molar-refractivity contribution is 0.423. The zero-order chi connectivity index (χ0) is 17.9. The van der Waals surface area contributed by atoms with E-state index in [1.807, 2.05) is 31.5 Å². The molecule has 3 aromatic heterocycles. The molecule has 0 atom stereocenters. The summed E-state index contributed by atoms with van der Waals surface area (Å²) in [6.45, 7) is 5.13. The van der Waals surface area contributed by atoms with Crippen LogP contribution in [0.25, 0.3) is 10.8 Å². The van der Waals surface area contributed by atoms with Crippen LogP contribution in [0.15, 0.2) is 42.9 Å². The number of hydrogen-bond acceptors (Lipinski definition) is 5. The molecule has 134 valence electrons. The maximum atomic E-state index is 5.98. The second-order valence-electron chi connectivity index (χ2n) is 6.85. The highest BCUT2D eigenvalue weighted by atomic mass is 35.5. The fourth-order valence-electron chi connectivity index (χ4n) is 3.55. The second-order valence-corrected chi connectivity index (χ2v) is 7.24. The SMILES string of the molecule is Cc1cc(N2CCC(CNc3nccc4cc(Cl)ncc34)CC2)ccn1. The predicted octanol–water partition coefficient (Wildman–Crippen LogP) is 4.32. The van der Waals surface area contributed by atoms with Gasteiger partial charge in [0.05, 0.1) is 0 Å². The van der Waals surface area contributed by atoms with Gasteiger partial charge in [-0.05, 0) is 55.3 Å². The van der Waals surface area contributed by atoms with Gasteiger partial charge in [0.25, 0.3) is 0 Å². The van der Waals surface area contributed by atoms with Gasteiger partial charge < -0.3 is 10.2 Å². The Morgan fingerprint density at radius 3 is 2.73 bits per heavy atom. The molecule has 5 nitrogen and oxygen atoms in total. The molecule has 0 spiro atoms. The lowest BCUT2D eigenvalue weighted by atomic mass is 9.96. The molecule has 0 saturated carbocycles. The number of anilines is 2. The third-order valence-electron chi connectivity index (χ3n) is 5.03. The summed E-state index contributed by atoms with van der Waals surface area (Å²) in [4.78, 5) is 15.4. The number of halogens is 1. The second kappa shape index (κ2) is 7.46. The molecule has 1 fully saturated rings. The summed E-state index contributed by atoms with van der Waals surface area (Å²) < 4.78 is 0. The van der Waals surface area contributed by atoms with E-state index in [1.165, 1.54) is 18.5 Å². The van der Waals surface area contributed by atoms with Crippen LogP contribution in [0.2, 0.25) is 5.15 Å². The van der Waals surface area contributed by atoms with Crippen LogP contribution in [0, 0.1) is 12.8 Å². The summed E-state index contributed by atoms with van der Waals surface area (Å²) in [5.74, 6) is 1.53. The summed E-state index contributed by atoms with van der Waals surface area (Å²) >= 11 is 5.98. The van der Waals surface area contributed by atoms with Crippen LogP contribution >= 0.6 is 11.6 Å².